The minimum atomic E-state index is -0.268. The van der Waals surface area contributed by atoms with E-state index in [2.05, 4.69) is 37.3 Å². The van der Waals surface area contributed by atoms with Gasteiger partial charge in [0.05, 0.1) is 12.7 Å². The molecule has 2 aromatic rings. The first kappa shape index (κ1) is 15.6. The third-order valence-corrected chi connectivity index (χ3v) is 4.43. The zero-order valence-electron chi connectivity index (χ0n) is 12.7. The third-order valence-electron chi connectivity index (χ3n) is 3.43. The summed E-state index contributed by atoms with van der Waals surface area (Å²) in [6.07, 6.45) is 1.87. The first-order chi connectivity index (χ1) is 10.2. The molecule has 0 aliphatic carbocycles. The molecule has 0 unspecified atom stereocenters. The monoisotopic (exact) mass is 300 g/mol. The summed E-state index contributed by atoms with van der Waals surface area (Å²) < 4.78 is 4.82. The summed E-state index contributed by atoms with van der Waals surface area (Å²) in [5.41, 5.74) is 3.03. The van der Waals surface area contributed by atoms with Crippen molar-refractivity contribution >= 4 is 17.7 Å². The van der Waals surface area contributed by atoms with Crippen molar-refractivity contribution in [3.05, 3.63) is 59.2 Å². The van der Waals surface area contributed by atoms with Crippen molar-refractivity contribution in [3.63, 3.8) is 0 Å². The van der Waals surface area contributed by atoms with Gasteiger partial charge in [-0.05, 0) is 54.3 Å². The maximum Gasteiger partial charge on any atom is 0.338 e. The van der Waals surface area contributed by atoms with Gasteiger partial charge in [-0.1, -0.05) is 37.7 Å². The lowest BCUT2D eigenvalue weighted by atomic mass is 10.1. The van der Waals surface area contributed by atoms with Crippen LogP contribution in [-0.2, 0) is 17.6 Å². The molecular weight excluding hydrogens is 280 g/mol. The molecule has 0 radical (unpaired) electrons. The first-order valence-electron chi connectivity index (χ1n) is 7.16. The maximum absolute atomic E-state index is 11.7. The van der Waals surface area contributed by atoms with Gasteiger partial charge in [0.25, 0.3) is 0 Å². The topological polar surface area (TPSA) is 26.3 Å². The molecule has 2 aromatic carbocycles. The predicted octanol–water partition coefficient (Wildman–Crippen LogP) is 4.75. The number of hydrogen-bond donors (Lipinski definition) is 0. The highest BCUT2D eigenvalue weighted by atomic mass is 32.2. The van der Waals surface area contributed by atoms with Crippen LogP contribution in [0, 0.1) is 0 Å². The fourth-order valence-electron chi connectivity index (χ4n) is 2.16. The molecule has 2 nitrogen and oxygen atoms in total. The lowest BCUT2D eigenvalue weighted by Crippen LogP contribution is -2.05. The third kappa shape index (κ3) is 3.88. The molecule has 0 bridgehead atoms. The van der Waals surface area contributed by atoms with Crippen molar-refractivity contribution in [1.29, 1.82) is 0 Å². The molecule has 0 fully saturated rings. The quantitative estimate of drug-likeness (QED) is 0.745. The van der Waals surface area contributed by atoms with Crippen molar-refractivity contribution in [2.75, 3.05) is 7.11 Å². The maximum atomic E-state index is 11.7. The van der Waals surface area contributed by atoms with Gasteiger partial charge in [0.15, 0.2) is 0 Å². The second-order valence-electron chi connectivity index (χ2n) is 4.76. The Kier molecular flexibility index (Phi) is 5.45. The smallest absolute Gasteiger partial charge is 0.338 e. The van der Waals surface area contributed by atoms with Gasteiger partial charge in [0.2, 0.25) is 0 Å². The molecular formula is C18H20O2S. The SMILES string of the molecule is CCc1ccc(Sc2ccc(C(=O)OC)c(CC)c2)cc1. The Hall–Kier alpha value is -1.74. The molecule has 0 aliphatic heterocycles. The number of carbonyl (C=O) groups excluding carboxylic acids is 1. The Morgan fingerprint density at radius 2 is 1.67 bits per heavy atom. The van der Waals surface area contributed by atoms with Crippen LogP contribution in [0.3, 0.4) is 0 Å². The van der Waals surface area contributed by atoms with Crippen molar-refractivity contribution in [3.8, 4) is 0 Å². The number of carbonyl (C=O) groups is 1. The zero-order chi connectivity index (χ0) is 15.2. The van der Waals surface area contributed by atoms with Gasteiger partial charge >= 0.3 is 5.97 Å². The summed E-state index contributed by atoms with van der Waals surface area (Å²) in [5, 5.41) is 0. The molecule has 21 heavy (non-hydrogen) atoms. The molecule has 0 aliphatic rings. The first-order valence-corrected chi connectivity index (χ1v) is 7.97. The van der Waals surface area contributed by atoms with Gasteiger partial charge < -0.3 is 4.74 Å². The van der Waals surface area contributed by atoms with Gasteiger partial charge in [-0.3, -0.25) is 0 Å². The number of methoxy groups -OCH3 is 1. The molecule has 0 N–H and O–H groups in total. The summed E-state index contributed by atoms with van der Waals surface area (Å²) in [7, 11) is 1.42. The van der Waals surface area contributed by atoms with Crippen LogP contribution in [0.15, 0.2) is 52.3 Å². The van der Waals surface area contributed by atoms with Gasteiger partial charge in [-0.25, -0.2) is 4.79 Å². The molecule has 3 heteroatoms. The van der Waals surface area contributed by atoms with E-state index in [-0.39, 0.29) is 5.97 Å². The van der Waals surface area contributed by atoms with Crippen LogP contribution in [0.25, 0.3) is 0 Å². The summed E-state index contributed by atoms with van der Waals surface area (Å²) in [5.74, 6) is -0.268. The van der Waals surface area contributed by atoms with Crippen LogP contribution in [-0.4, -0.2) is 13.1 Å². The van der Waals surface area contributed by atoms with Crippen LogP contribution in [0.1, 0.15) is 35.3 Å². The molecule has 0 aromatic heterocycles. The van der Waals surface area contributed by atoms with E-state index < -0.39 is 0 Å². The number of benzene rings is 2. The highest BCUT2D eigenvalue weighted by Gasteiger charge is 2.11. The molecule has 0 heterocycles. The van der Waals surface area contributed by atoms with Crippen molar-refractivity contribution in [2.24, 2.45) is 0 Å². The Bertz CT molecular complexity index is 618. The fourth-order valence-corrected chi connectivity index (χ4v) is 3.05. The summed E-state index contributed by atoms with van der Waals surface area (Å²) >= 11 is 1.71. The Labute approximate surface area is 130 Å². The van der Waals surface area contributed by atoms with E-state index in [9.17, 15) is 4.79 Å². The van der Waals surface area contributed by atoms with E-state index in [0.717, 1.165) is 23.3 Å². The van der Waals surface area contributed by atoms with Gasteiger partial charge in [0, 0.05) is 9.79 Å². The van der Waals surface area contributed by atoms with Crippen LogP contribution in [0.4, 0.5) is 0 Å². The molecule has 0 atom stereocenters. The highest BCUT2D eigenvalue weighted by molar-refractivity contribution is 7.99. The van der Waals surface area contributed by atoms with Gasteiger partial charge in [0.1, 0.15) is 0 Å². The van der Waals surface area contributed by atoms with E-state index >= 15 is 0 Å². The van der Waals surface area contributed by atoms with Crippen LogP contribution in [0.5, 0.6) is 0 Å². The van der Waals surface area contributed by atoms with Gasteiger partial charge in [-0.2, -0.15) is 0 Å². The number of esters is 1. The Balaban J connectivity index is 2.22. The van der Waals surface area contributed by atoms with E-state index in [1.807, 2.05) is 19.1 Å². The van der Waals surface area contributed by atoms with Crippen LogP contribution < -0.4 is 0 Å². The number of ether oxygens (including phenoxy) is 1. The van der Waals surface area contributed by atoms with Gasteiger partial charge in [-0.15, -0.1) is 0 Å². The Morgan fingerprint density at radius 3 is 2.24 bits per heavy atom. The second-order valence-corrected chi connectivity index (χ2v) is 5.91. The standard InChI is InChI=1S/C18H20O2S/c1-4-13-6-8-15(9-7-13)21-16-10-11-17(18(19)20-3)14(5-2)12-16/h6-12H,4-5H2,1-3H3. The summed E-state index contributed by atoms with van der Waals surface area (Å²) in [6, 6.07) is 14.5. The molecule has 0 spiro atoms. The Morgan fingerprint density at radius 1 is 1.00 bits per heavy atom. The molecule has 110 valence electrons. The van der Waals surface area contributed by atoms with Crippen LogP contribution in [0.2, 0.25) is 0 Å². The van der Waals surface area contributed by atoms with E-state index in [0.29, 0.717) is 5.56 Å². The zero-order valence-corrected chi connectivity index (χ0v) is 13.5. The fraction of sp³-hybridized carbons (Fsp3) is 0.278. The van der Waals surface area contributed by atoms with Crippen molar-refractivity contribution < 1.29 is 9.53 Å². The number of aryl methyl sites for hydroxylation is 2. The molecule has 0 saturated heterocycles. The average molecular weight is 300 g/mol. The highest BCUT2D eigenvalue weighted by Crippen LogP contribution is 2.30. The summed E-state index contributed by atoms with van der Waals surface area (Å²) in [6.45, 7) is 4.20. The largest absolute Gasteiger partial charge is 0.465 e. The minimum absolute atomic E-state index is 0.268. The van der Waals surface area contributed by atoms with E-state index in [1.54, 1.807) is 11.8 Å². The van der Waals surface area contributed by atoms with Crippen molar-refractivity contribution in [2.45, 2.75) is 36.5 Å². The average Bonchev–Trinajstić information content (AvgIpc) is 2.54. The number of hydrogen-bond acceptors (Lipinski definition) is 3. The van der Waals surface area contributed by atoms with Crippen molar-refractivity contribution in [1.82, 2.24) is 0 Å². The summed E-state index contributed by atoms with van der Waals surface area (Å²) in [4.78, 5) is 14.1. The lowest BCUT2D eigenvalue weighted by molar-refractivity contribution is 0.0599. The molecule has 2 rings (SSSR count). The van der Waals surface area contributed by atoms with E-state index in [4.69, 9.17) is 4.74 Å². The second kappa shape index (κ2) is 7.32. The van der Waals surface area contributed by atoms with Crippen LogP contribution >= 0.6 is 11.8 Å². The minimum Gasteiger partial charge on any atom is -0.465 e. The molecule has 0 amide bonds. The van der Waals surface area contributed by atoms with E-state index in [1.165, 1.54) is 17.6 Å². The molecule has 0 saturated carbocycles. The normalized spacial score (nSPS) is 10.4. The lowest BCUT2D eigenvalue weighted by Gasteiger charge is -2.09. The predicted molar refractivity (Wildman–Crippen MR) is 87.1 cm³/mol. The number of rotatable bonds is 5.